The maximum Gasteiger partial charge on any atom is 0.411 e. The second-order valence-corrected chi connectivity index (χ2v) is 8.40. The van der Waals surface area contributed by atoms with Crippen molar-refractivity contribution in [1.82, 2.24) is 4.90 Å². The summed E-state index contributed by atoms with van der Waals surface area (Å²) >= 11 is 3.30. The first-order valence-corrected chi connectivity index (χ1v) is 9.30. The van der Waals surface area contributed by atoms with Crippen molar-refractivity contribution in [3.8, 4) is 0 Å². The van der Waals surface area contributed by atoms with Gasteiger partial charge in [-0.3, -0.25) is 14.5 Å². The number of amides is 1. The van der Waals surface area contributed by atoms with Crippen molar-refractivity contribution in [2.75, 3.05) is 13.2 Å². The molecule has 1 fully saturated rings. The number of Topliss-reactive ketones (excluding diaryl/α,β-unsaturated/α-hetero) is 1. The molecule has 1 aromatic rings. The summed E-state index contributed by atoms with van der Waals surface area (Å²) in [7, 11) is 0. The van der Waals surface area contributed by atoms with Crippen LogP contribution in [-0.2, 0) is 14.3 Å². The molecule has 0 unspecified atom stereocenters. The number of esters is 1. The van der Waals surface area contributed by atoms with E-state index in [0.717, 1.165) is 10.9 Å². The predicted molar refractivity (Wildman–Crippen MR) is 99.9 cm³/mol. The summed E-state index contributed by atoms with van der Waals surface area (Å²) in [5.41, 5.74) is -0.185. The normalized spacial score (nSPS) is 18.8. The molecule has 0 radical (unpaired) electrons. The van der Waals surface area contributed by atoms with Crippen molar-refractivity contribution in [3.63, 3.8) is 0 Å². The lowest BCUT2D eigenvalue weighted by molar-refractivity contribution is -0.143. The average Bonchev–Trinajstić information content (AvgIpc) is 3.25. The zero-order chi connectivity index (χ0) is 19.5. The number of benzene rings is 1. The van der Waals surface area contributed by atoms with Gasteiger partial charge < -0.3 is 9.47 Å². The Morgan fingerprint density at radius 3 is 2.27 bits per heavy atom. The van der Waals surface area contributed by atoms with E-state index in [1.165, 1.54) is 4.90 Å². The third kappa shape index (κ3) is 6.12. The maximum atomic E-state index is 12.3. The number of hydrogen-bond acceptors (Lipinski definition) is 5. The van der Waals surface area contributed by atoms with E-state index in [1.54, 1.807) is 45.0 Å². The molecular formula is C19H24BrNO5. The smallest absolute Gasteiger partial charge is 0.411 e. The molecule has 0 saturated heterocycles. The molecule has 142 valence electrons. The van der Waals surface area contributed by atoms with Crippen molar-refractivity contribution < 1.29 is 23.9 Å². The van der Waals surface area contributed by atoms with E-state index in [9.17, 15) is 14.4 Å². The molecule has 6 nitrogen and oxygen atoms in total. The number of carbonyl (C=O) groups is 3. The molecular weight excluding hydrogens is 402 g/mol. The first-order chi connectivity index (χ1) is 12.1. The highest BCUT2D eigenvalue weighted by Gasteiger charge is 2.43. The summed E-state index contributed by atoms with van der Waals surface area (Å²) in [6.45, 7) is 6.74. The van der Waals surface area contributed by atoms with Gasteiger partial charge in [0.05, 0.1) is 0 Å². The standard InChI is InChI=1S/C19H24BrNO5/c1-12-9-15(12)21(18(24)26-19(2,3)4)10-17(23)25-11-16(22)13-5-7-14(20)8-6-13/h5-8,12,15H,9-11H2,1-4H3/t12-,15+/m0/s1. The lowest BCUT2D eigenvalue weighted by atomic mass is 10.1. The van der Waals surface area contributed by atoms with Gasteiger partial charge in [-0.2, -0.15) is 0 Å². The number of rotatable bonds is 6. The van der Waals surface area contributed by atoms with Crippen molar-refractivity contribution in [3.05, 3.63) is 34.3 Å². The summed E-state index contributed by atoms with van der Waals surface area (Å²) in [5, 5.41) is 0. The molecule has 2 atom stereocenters. The topological polar surface area (TPSA) is 72.9 Å². The highest BCUT2D eigenvalue weighted by Crippen LogP contribution is 2.35. The fraction of sp³-hybridized carbons (Fsp3) is 0.526. The molecule has 1 aliphatic carbocycles. The summed E-state index contributed by atoms with van der Waals surface area (Å²) in [6, 6.07) is 6.76. The van der Waals surface area contributed by atoms with Gasteiger partial charge in [-0.05, 0) is 45.2 Å². The number of hydrogen-bond donors (Lipinski definition) is 0. The third-order valence-electron chi connectivity index (χ3n) is 3.93. The molecule has 1 aromatic carbocycles. The lowest BCUT2D eigenvalue weighted by Gasteiger charge is -2.27. The summed E-state index contributed by atoms with van der Waals surface area (Å²) in [4.78, 5) is 37.9. The summed E-state index contributed by atoms with van der Waals surface area (Å²) < 4.78 is 11.3. The Labute approximate surface area is 162 Å². The van der Waals surface area contributed by atoms with Gasteiger partial charge in [0, 0.05) is 16.1 Å². The van der Waals surface area contributed by atoms with Gasteiger partial charge >= 0.3 is 12.1 Å². The quantitative estimate of drug-likeness (QED) is 0.511. The van der Waals surface area contributed by atoms with Gasteiger partial charge in [0.25, 0.3) is 0 Å². The molecule has 0 spiro atoms. The Hall–Kier alpha value is -1.89. The maximum absolute atomic E-state index is 12.3. The Balaban J connectivity index is 1.89. The van der Waals surface area contributed by atoms with Crippen LogP contribution >= 0.6 is 15.9 Å². The van der Waals surface area contributed by atoms with Crippen LogP contribution in [0.4, 0.5) is 4.79 Å². The SMILES string of the molecule is C[C@H]1C[C@H]1N(CC(=O)OCC(=O)c1ccc(Br)cc1)C(=O)OC(C)(C)C. The second kappa shape index (κ2) is 8.20. The minimum absolute atomic E-state index is 0.0282. The zero-order valence-corrected chi connectivity index (χ0v) is 17.0. The highest BCUT2D eigenvalue weighted by molar-refractivity contribution is 9.10. The van der Waals surface area contributed by atoms with E-state index in [1.807, 2.05) is 6.92 Å². The largest absolute Gasteiger partial charge is 0.456 e. The molecule has 7 heteroatoms. The Morgan fingerprint density at radius 2 is 1.77 bits per heavy atom. The second-order valence-electron chi connectivity index (χ2n) is 7.48. The number of carbonyl (C=O) groups excluding carboxylic acids is 3. The van der Waals surface area contributed by atoms with Crippen LogP contribution in [0.5, 0.6) is 0 Å². The van der Waals surface area contributed by atoms with Crippen LogP contribution in [0.15, 0.2) is 28.7 Å². The lowest BCUT2D eigenvalue weighted by Crippen LogP contribution is -2.42. The molecule has 0 N–H and O–H groups in total. The van der Waals surface area contributed by atoms with Gasteiger partial charge in [0.15, 0.2) is 12.4 Å². The monoisotopic (exact) mass is 425 g/mol. The first-order valence-electron chi connectivity index (χ1n) is 8.51. The molecule has 0 heterocycles. The summed E-state index contributed by atoms with van der Waals surface area (Å²) in [6.07, 6.45) is 0.285. The van der Waals surface area contributed by atoms with Crippen LogP contribution in [-0.4, -0.2) is 47.5 Å². The number of ether oxygens (including phenoxy) is 2. The van der Waals surface area contributed by atoms with Gasteiger partial charge in [0.2, 0.25) is 0 Å². The molecule has 1 aliphatic rings. The van der Waals surface area contributed by atoms with Crippen molar-refractivity contribution in [2.24, 2.45) is 5.92 Å². The highest BCUT2D eigenvalue weighted by atomic mass is 79.9. The van der Waals surface area contributed by atoms with E-state index in [0.29, 0.717) is 11.5 Å². The minimum Gasteiger partial charge on any atom is -0.456 e. The Morgan fingerprint density at radius 1 is 1.19 bits per heavy atom. The van der Waals surface area contributed by atoms with Crippen molar-refractivity contribution in [2.45, 2.75) is 45.8 Å². The molecule has 1 saturated carbocycles. The summed E-state index contributed by atoms with van der Waals surface area (Å²) in [5.74, 6) is -0.602. The fourth-order valence-corrected chi connectivity index (χ4v) is 2.69. The van der Waals surface area contributed by atoms with Crippen LogP contribution in [0.1, 0.15) is 44.5 Å². The van der Waals surface area contributed by atoms with Gasteiger partial charge in [-0.15, -0.1) is 0 Å². The minimum atomic E-state index is -0.644. The molecule has 0 aliphatic heterocycles. The molecule has 26 heavy (non-hydrogen) atoms. The van der Waals surface area contributed by atoms with Crippen molar-refractivity contribution in [1.29, 1.82) is 0 Å². The molecule has 0 aromatic heterocycles. The van der Waals surface area contributed by atoms with E-state index in [2.05, 4.69) is 15.9 Å². The van der Waals surface area contributed by atoms with Gasteiger partial charge in [-0.1, -0.05) is 35.0 Å². The van der Waals surface area contributed by atoms with E-state index >= 15 is 0 Å². The number of nitrogens with zero attached hydrogens (tertiary/aromatic N) is 1. The van der Waals surface area contributed by atoms with E-state index < -0.39 is 17.7 Å². The van der Waals surface area contributed by atoms with E-state index in [4.69, 9.17) is 9.47 Å². The van der Waals surface area contributed by atoms with Crippen molar-refractivity contribution >= 4 is 33.8 Å². The first kappa shape index (κ1) is 20.4. The van der Waals surface area contributed by atoms with Gasteiger partial charge in [0.1, 0.15) is 12.1 Å². The fourth-order valence-electron chi connectivity index (χ4n) is 2.42. The molecule has 0 bridgehead atoms. The Kier molecular flexibility index (Phi) is 6.44. The number of ketones is 1. The zero-order valence-electron chi connectivity index (χ0n) is 15.5. The van der Waals surface area contributed by atoms with Crippen LogP contribution < -0.4 is 0 Å². The predicted octanol–water partition coefficient (Wildman–Crippen LogP) is 3.82. The average molecular weight is 426 g/mol. The van der Waals surface area contributed by atoms with E-state index in [-0.39, 0.29) is 25.0 Å². The number of halogens is 1. The molecule has 2 rings (SSSR count). The third-order valence-corrected chi connectivity index (χ3v) is 4.45. The Bertz CT molecular complexity index is 680. The van der Waals surface area contributed by atoms with Crippen LogP contribution in [0, 0.1) is 5.92 Å². The van der Waals surface area contributed by atoms with Crippen LogP contribution in [0.25, 0.3) is 0 Å². The van der Waals surface area contributed by atoms with Crippen LogP contribution in [0.3, 0.4) is 0 Å². The van der Waals surface area contributed by atoms with Gasteiger partial charge in [-0.25, -0.2) is 4.79 Å². The van der Waals surface area contributed by atoms with Crippen LogP contribution in [0.2, 0.25) is 0 Å². The molecule has 1 amide bonds.